The maximum Gasteiger partial charge on any atom is 0.240 e. The van der Waals surface area contributed by atoms with Crippen LogP contribution in [0.5, 0.6) is 0 Å². The van der Waals surface area contributed by atoms with Gasteiger partial charge >= 0.3 is 0 Å². The number of rotatable bonds is 4. The van der Waals surface area contributed by atoms with E-state index in [0.29, 0.717) is 11.4 Å². The van der Waals surface area contributed by atoms with Gasteiger partial charge in [0.2, 0.25) is 10.0 Å². The van der Waals surface area contributed by atoms with E-state index in [1.807, 2.05) is 19.9 Å². The molecule has 1 aromatic rings. The van der Waals surface area contributed by atoms with E-state index in [9.17, 15) is 8.42 Å². The molecule has 1 aromatic carbocycles. The summed E-state index contributed by atoms with van der Waals surface area (Å²) in [4.78, 5) is 0.353. The lowest BCUT2D eigenvalue weighted by atomic mass is 10.1. The van der Waals surface area contributed by atoms with Gasteiger partial charge in [0.15, 0.2) is 0 Å². The van der Waals surface area contributed by atoms with E-state index in [-0.39, 0.29) is 6.04 Å². The van der Waals surface area contributed by atoms with Gasteiger partial charge in [-0.3, -0.25) is 0 Å². The molecule has 106 valence electrons. The third-order valence-corrected chi connectivity index (χ3v) is 5.14. The van der Waals surface area contributed by atoms with Crippen molar-refractivity contribution < 1.29 is 8.42 Å². The van der Waals surface area contributed by atoms with E-state index in [2.05, 4.69) is 10.0 Å². The summed E-state index contributed by atoms with van der Waals surface area (Å²) in [5.41, 5.74) is 2.10. The Hall–Kier alpha value is -0.910. The van der Waals surface area contributed by atoms with Crippen LogP contribution < -0.4 is 10.0 Å². The molecule has 2 N–H and O–H groups in total. The standard InChI is InChI=1S/C14H22N2O2S/c1-11-6-7-14(9-12(11)2)19(17,18)16-10-13-5-3-4-8-15-13/h6-7,9,13,15-16H,3-5,8,10H2,1-2H3. The second-order valence-corrected chi connectivity index (χ2v) is 7.01. The summed E-state index contributed by atoms with van der Waals surface area (Å²) in [6.45, 7) is 5.35. The molecule has 1 aliphatic heterocycles. The highest BCUT2D eigenvalue weighted by Gasteiger charge is 2.18. The molecule has 0 aliphatic carbocycles. The Balaban J connectivity index is 2.02. The average molecular weight is 282 g/mol. The minimum absolute atomic E-state index is 0.259. The summed E-state index contributed by atoms with van der Waals surface area (Å²) in [7, 11) is -3.39. The van der Waals surface area contributed by atoms with Crippen LogP contribution in [0.15, 0.2) is 23.1 Å². The van der Waals surface area contributed by atoms with E-state index in [4.69, 9.17) is 0 Å². The highest BCUT2D eigenvalue weighted by atomic mass is 32.2. The molecule has 4 nitrogen and oxygen atoms in total. The zero-order chi connectivity index (χ0) is 13.9. The molecule has 19 heavy (non-hydrogen) atoms. The second-order valence-electron chi connectivity index (χ2n) is 5.24. The lowest BCUT2D eigenvalue weighted by molar-refractivity contribution is 0.398. The molecule has 1 atom stereocenters. The maximum absolute atomic E-state index is 12.2. The normalized spacial score (nSPS) is 20.4. The van der Waals surface area contributed by atoms with Gasteiger partial charge in [0.05, 0.1) is 4.90 Å². The predicted octanol–water partition coefficient (Wildman–Crippen LogP) is 1.72. The van der Waals surface area contributed by atoms with E-state index >= 15 is 0 Å². The molecule has 1 aliphatic rings. The second kappa shape index (κ2) is 6.03. The number of hydrogen-bond donors (Lipinski definition) is 2. The highest BCUT2D eigenvalue weighted by Crippen LogP contribution is 2.15. The summed E-state index contributed by atoms with van der Waals surface area (Å²) in [5.74, 6) is 0. The first-order valence-corrected chi connectivity index (χ1v) is 8.28. The molecule has 1 fully saturated rings. The molecule has 0 bridgehead atoms. The third-order valence-electron chi connectivity index (χ3n) is 3.72. The number of sulfonamides is 1. The van der Waals surface area contributed by atoms with Gasteiger partial charge in [0.1, 0.15) is 0 Å². The molecule has 0 saturated carbocycles. The van der Waals surface area contributed by atoms with Crippen molar-refractivity contribution in [2.75, 3.05) is 13.1 Å². The van der Waals surface area contributed by atoms with Crippen LogP contribution in [0.25, 0.3) is 0 Å². The van der Waals surface area contributed by atoms with Crippen molar-refractivity contribution in [1.82, 2.24) is 10.0 Å². The van der Waals surface area contributed by atoms with E-state index in [1.54, 1.807) is 12.1 Å². The number of benzene rings is 1. The van der Waals surface area contributed by atoms with Crippen LogP contribution in [0.4, 0.5) is 0 Å². The Morgan fingerprint density at radius 2 is 2.05 bits per heavy atom. The summed E-state index contributed by atoms with van der Waals surface area (Å²) in [5, 5.41) is 3.34. The van der Waals surface area contributed by atoms with Gasteiger partial charge in [0.25, 0.3) is 0 Å². The van der Waals surface area contributed by atoms with Crippen LogP contribution in [-0.2, 0) is 10.0 Å². The minimum atomic E-state index is -3.39. The lowest BCUT2D eigenvalue weighted by Gasteiger charge is -2.23. The third kappa shape index (κ3) is 3.78. The topological polar surface area (TPSA) is 58.2 Å². The number of piperidine rings is 1. The van der Waals surface area contributed by atoms with E-state index < -0.39 is 10.0 Å². The van der Waals surface area contributed by atoms with Gasteiger partial charge in [-0.15, -0.1) is 0 Å². The molecule has 0 amide bonds. The highest BCUT2D eigenvalue weighted by molar-refractivity contribution is 7.89. The van der Waals surface area contributed by atoms with Crippen LogP contribution in [0.3, 0.4) is 0 Å². The molecule has 0 radical (unpaired) electrons. The van der Waals surface area contributed by atoms with Crippen molar-refractivity contribution in [1.29, 1.82) is 0 Å². The fourth-order valence-corrected chi connectivity index (χ4v) is 3.44. The largest absolute Gasteiger partial charge is 0.313 e. The van der Waals surface area contributed by atoms with Gasteiger partial charge in [-0.2, -0.15) is 0 Å². The fourth-order valence-electron chi connectivity index (χ4n) is 2.27. The fraction of sp³-hybridized carbons (Fsp3) is 0.571. The van der Waals surface area contributed by atoms with E-state index in [0.717, 1.165) is 24.1 Å². The molecular formula is C14H22N2O2S. The first kappa shape index (κ1) is 14.5. The van der Waals surface area contributed by atoms with Gasteiger partial charge in [-0.05, 0) is 56.5 Å². The molecule has 1 saturated heterocycles. The average Bonchev–Trinajstić information content (AvgIpc) is 2.41. The van der Waals surface area contributed by atoms with Gasteiger partial charge in [0, 0.05) is 12.6 Å². The SMILES string of the molecule is Cc1ccc(S(=O)(=O)NCC2CCCCN2)cc1C. The summed E-state index contributed by atoms with van der Waals surface area (Å²) in [6, 6.07) is 5.50. The van der Waals surface area contributed by atoms with Crippen molar-refractivity contribution in [3.63, 3.8) is 0 Å². The first-order chi connectivity index (χ1) is 8.99. The Kier molecular flexibility index (Phi) is 4.60. The van der Waals surface area contributed by atoms with Crippen molar-refractivity contribution in [3.8, 4) is 0 Å². The van der Waals surface area contributed by atoms with E-state index in [1.165, 1.54) is 12.8 Å². The molecular weight excluding hydrogens is 260 g/mol. The Labute approximate surface area is 115 Å². The first-order valence-electron chi connectivity index (χ1n) is 6.79. The molecule has 2 rings (SSSR count). The molecule has 1 unspecified atom stereocenters. The van der Waals surface area contributed by atoms with Crippen LogP contribution in [0.2, 0.25) is 0 Å². The van der Waals surface area contributed by atoms with Gasteiger partial charge in [-0.25, -0.2) is 13.1 Å². The van der Waals surface area contributed by atoms with Crippen molar-refractivity contribution >= 4 is 10.0 Å². The van der Waals surface area contributed by atoms with Crippen molar-refractivity contribution in [2.45, 2.75) is 44.0 Å². The monoisotopic (exact) mass is 282 g/mol. The predicted molar refractivity (Wildman–Crippen MR) is 76.7 cm³/mol. The van der Waals surface area contributed by atoms with Crippen LogP contribution in [0.1, 0.15) is 30.4 Å². The summed E-state index contributed by atoms with van der Waals surface area (Å²) < 4.78 is 27.1. The zero-order valence-corrected chi connectivity index (χ0v) is 12.4. The molecule has 5 heteroatoms. The van der Waals surface area contributed by atoms with Crippen molar-refractivity contribution in [3.05, 3.63) is 29.3 Å². The van der Waals surface area contributed by atoms with Crippen LogP contribution >= 0.6 is 0 Å². The Morgan fingerprint density at radius 1 is 1.26 bits per heavy atom. The molecule has 1 heterocycles. The molecule has 0 spiro atoms. The van der Waals surface area contributed by atoms with Crippen LogP contribution in [0, 0.1) is 13.8 Å². The smallest absolute Gasteiger partial charge is 0.240 e. The zero-order valence-electron chi connectivity index (χ0n) is 11.6. The van der Waals surface area contributed by atoms with Crippen molar-refractivity contribution in [2.24, 2.45) is 0 Å². The molecule has 0 aromatic heterocycles. The number of aryl methyl sites for hydroxylation is 2. The van der Waals surface area contributed by atoms with Gasteiger partial charge < -0.3 is 5.32 Å². The maximum atomic E-state index is 12.2. The lowest BCUT2D eigenvalue weighted by Crippen LogP contribution is -2.43. The number of hydrogen-bond acceptors (Lipinski definition) is 3. The summed E-state index contributed by atoms with van der Waals surface area (Å²) >= 11 is 0. The Bertz CT molecular complexity index is 534. The number of nitrogens with one attached hydrogen (secondary N) is 2. The summed E-state index contributed by atoms with van der Waals surface area (Å²) in [6.07, 6.45) is 3.39. The van der Waals surface area contributed by atoms with Crippen LogP contribution in [-0.4, -0.2) is 27.5 Å². The Morgan fingerprint density at radius 3 is 2.68 bits per heavy atom. The minimum Gasteiger partial charge on any atom is -0.313 e. The van der Waals surface area contributed by atoms with Gasteiger partial charge in [-0.1, -0.05) is 12.5 Å². The quantitative estimate of drug-likeness (QED) is 0.884.